The topological polar surface area (TPSA) is 47.9 Å². The van der Waals surface area contributed by atoms with Crippen molar-refractivity contribution >= 4 is 11.6 Å². The summed E-state index contributed by atoms with van der Waals surface area (Å²) in [5.41, 5.74) is 0. The molecule has 0 saturated carbocycles. The average Bonchev–Trinajstić information content (AvgIpc) is 1.88. The van der Waals surface area contributed by atoms with Gasteiger partial charge in [-0.3, -0.25) is 0 Å². The maximum atomic E-state index is 5.42. The largest absolute Gasteiger partial charge is 0.477 e. The van der Waals surface area contributed by atoms with Crippen molar-refractivity contribution < 1.29 is 4.74 Å². The number of rotatable bonds is 2. The first-order valence-corrected chi connectivity index (χ1v) is 3.18. The normalized spacial score (nSPS) is 9.40. The molecule has 0 atom stereocenters. The molecule has 0 fully saturated rings. The molecule has 10 heavy (non-hydrogen) atoms. The second-order valence-electron chi connectivity index (χ2n) is 1.50. The predicted octanol–water partition coefficient (Wildman–Crippen LogP) is 0.924. The standard InChI is InChI=1S/C5H6ClN3O/c1-2-10-4-3-7-9-5(6)8-4/h3H,2H2,1H3. The van der Waals surface area contributed by atoms with Gasteiger partial charge in [-0.05, 0) is 18.5 Å². The van der Waals surface area contributed by atoms with Gasteiger partial charge in [0, 0.05) is 0 Å². The van der Waals surface area contributed by atoms with E-state index in [0.717, 1.165) is 0 Å². The van der Waals surface area contributed by atoms with Crippen molar-refractivity contribution in [2.45, 2.75) is 6.92 Å². The van der Waals surface area contributed by atoms with E-state index in [1.165, 1.54) is 6.20 Å². The highest BCUT2D eigenvalue weighted by Crippen LogP contribution is 2.05. The van der Waals surface area contributed by atoms with Crippen molar-refractivity contribution in [2.24, 2.45) is 0 Å². The van der Waals surface area contributed by atoms with Gasteiger partial charge in [0.25, 0.3) is 0 Å². The van der Waals surface area contributed by atoms with Gasteiger partial charge in [0.05, 0.1) is 6.61 Å². The second-order valence-corrected chi connectivity index (χ2v) is 1.83. The van der Waals surface area contributed by atoms with Crippen molar-refractivity contribution in [1.29, 1.82) is 0 Å². The van der Waals surface area contributed by atoms with E-state index in [1.807, 2.05) is 6.92 Å². The molecule has 1 heterocycles. The van der Waals surface area contributed by atoms with Crippen LogP contribution in [0.25, 0.3) is 0 Å². The lowest BCUT2D eigenvalue weighted by Crippen LogP contribution is -1.96. The molecule has 0 aliphatic carbocycles. The summed E-state index contributed by atoms with van der Waals surface area (Å²) in [5, 5.41) is 7.08. The first-order valence-electron chi connectivity index (χ1n) is 2.81. The third kappa shape index (κ3) is 1.80. The minimum Gasteiger partial charge on any atom is -0.477 e. The molecule has 0 saturated heterocycles. The van der Waals surface area contributed by atoms with Crippen molar-refractivity contribution in [2.75, 3.05) is 6.61 Å². The number of hydrogen-bond acceptors (Lipinski definition) is 4. The van der Waals surface area contributed by atoms with Crippen LogP contribution in [0, 0.1) is 0 Å². The van der Waals surface area contributed by atoms with Crippen LogP contribution in [-0.2, 0) is 0 Å². The number of ether oxygens (including phenoxy) is 1. The Morgan fingerprint density at radius 1 is 1.70 bits per heavy atom. The Balaban J connectivity index is 2.75. The monoisotopic (exact) mass is 159 g/mol. The first kappa shape index (κ1) is 7.21. The van der Waals surface area contributed by atoms with Crippen molar-refractivity contribution in [3.8, 4) is 5.88 Å². The van der Waals surface area contributed by atoms with Crippen LogP contribution in [0.3, 0.4) is 0 Å². The molecule has 0 aliphatic heterocycles. The summed E-state index contributed by atoms with van der Waals surface area (Å²) in [6, 6.07) is 0. The third-order valence-corrected chi connectivity index (χ3v) is 0.963. The number of hydrogen-bond donors (Lipinski definition) is 0. The third-order valence-electron chi connectivity index (χ3n) is 0.803. The molecule has 0 amide bonds. The summed E-state index contributed by atoms with van der Waals surface area (Å²) >= 11 is 5.42. The highest BCUT2D eigenvalue weighted by Gasteiger charge is 1.95. The number of nitrogens with zero attached hydrogens (tertiary/aromatic N) is 3. The van der Waals surface area contributed by atoms with Crippen LogP contribution in [0.5, 0.6) is 5.88 Å². The Kier molecular flexibility index (Phi) is 2.39. The van der Waals surface area contributed by atoms with E-state index in [9.17, 15) is 0 Å². The lowest BCUT2D eigenvalue weighted by atomic mass is 10.8. The van der Waals surface area contributed by atoms with E-state index < -0.39 is 0 Å². The van der Waals surface area contributed by atoms with Crippen LogP contribution < -0.4 is 4.74 Å². The molecule has 5 heteroatoms. The summed E-state index contributed by atoms with van der Waals surface area (Å²) in [6.45, 7) is 2.41. The molecule has 4 nitrogen and oxygen atoms in total. The van der Waals surface area contributed by atoms with Gasteiger partial charge in [0.15, 0.2) is 0 Å². The molecule has 0 bridgehead atoms. The molecule has 1 rings (SSSR count). The Morgan fingerprint density at radius 3 is 3.10 bits per heavy atom. The van der Waals surface area contributed by atoms with Crippen LogP contribution in [0.4, 0.5) is 0 Å². The summed E-state index contributed by atoms with van der Waals surface area (Å²) in [4.78, 5) is 3.73. The maximum absolute atomic E-state index is 5.42. The highest BCUT2D eigenvalue weighted by molar-refractivity contribution is 6.28. The van der Waals surface area contributed by atoms with Crippen molar-refractivity contribution in [3.05, 3.63) is 11.5 Å². The number of aromatic nitrogens is 3. The summed E-state index contributed by atoms with van der Waals surface area (Å²) < 4.78 is 4.99. The van der Waals surface area contributed by atoms with Crippen LogP contribution in [0.1, 0.15) is 6.92 Å². The first-order chi connectivity index (χ1) is 4.83. The molecule has 0 spiro atoms. The molecule has 0 radical (unpaired) electrons. The van der Waals surface area contributed by atoms with Gasteiger partial charge in [-0.1, -0.05) is 0 Å². The molecule has 0 N–H and O–H groups in total. The van der Waals surface area contributed by atoms with E-state index in [-0.39, 0.29) is 5.28 Å². The SMILES string of the molecule is CCOc1cnnc(Cl)n1. The number of halogens is 1. The molecule has 0 aliphatic rings. The van der Waals surface area contributed by atoms with Gasteiger partial charge in [-0.25, -0.2) is 0 Å². The Labute approximate surface area is 63.2 Å². The van der Waals surface area contributed by atoms with Crippen LogP contribution in [0.15, 0.2) is 6.20 Å². The van der Waals surface area contributed by atoms with Gasteiger partial charge < -0.3 is 4.74 Å². The molecule has 0 aromatic carbocycles. The van der Waals surface area contributed by atoms with Gasteiger partial charge >= 0.3 is 0 Å². The molecule has 1 aromatic heterocycles. The minimum absolute atomic E-state index is 0.103. The quantitative estimate of drug-likeness (QED) is 0.644. The van der Waals surface area contributed by atoms with Gasteiger partial charge in [0.2, 0.25) is 11.2 Å². The van der Waals surface area contributed by atoms with Crippen LogP contribution >= 0.6 is 11.6 Å². The fourth-order valence-corrected chi connectivity index (χ4v) is 0.612. The Morgan fingerprint density at radius 2 is 2.50 bits per heavy atom. The smallest absolute Gasteiger partial charge is 0.246 e. The van der Waals surface area contributed by atoms with E-state index in [1.54, 1.807) is 0 Å². The average molecular weight is 160 g/mol. The fraction of sp³-hybridized carbons (Fsp3) is 0.400. The molecular formula is C5H6ClN3O. The molecule has 0 unspecified atom stereocenters. The summed E-state index contributed by atoms with van der Waals surface area (Å²) in [6.07, 6.45) is 1.41. The van der Waals surface area contributed by atoms with Crippen molar-refractivity contribution in [3.63, 3.8) is 0 Å². The van der Waals surface area contributed by atoms with E-state index in [4.69, 9.17) is 16.3 Å². The zero-order valence-corrected chi connectivity index (χ0v) is 6.17. The van der Waals surface area contributed by atoms with Gasteiger partial charge in [0.1, 0.15) is 6.20 Å². The zero-order valence-electron chi connectivity index (χ0n) is 5.41. The Hall–Kier alpha value is -0.900. The fourth-order valence-electron chi connectivity index (χ4n) is 0.485. The highest BCUT2D eigenvalue weighted by atomic mass is 35.5. The predicted molar refractivity (Wildman–Crippen MR) is 36.0 cm³/mol. The minimum atomic E-state index is 0.103. The molecular weight excluding hydrogens is 154 g/mol. The lowest BCUT2D eigenvalue weighted by Gasteiger charge is -1.97. The Bertz CT molecular complexity index is 218. The maximum Gasteiger partial charge on any atom is 0.246 e. The van der Waals surface area contributed by atoms with Gasteiger partial charge in [-0.2, -0.15) is 10.1 Å². The zero-order chi connectivity index (χ0) is 7.40. The molecule has 54 valence electrons. The lowest BCUT2D eigenvalue weighted by molar-refractivity contribution is 0.324. The van der Waals surface area contributed by atoms with Gasteiger partial charge in [-0.15, -0.1) is 5.10 Å². The summed E-state index contributed by atoms with van der Waals surface area (Å²) in [5.74, 6) is 0.405. The van der Waals surface area contributed by atoms with Crippen LogP contribution in [0.2, 0.25) is 5.28 Å². The van der Waals surface area contributed by atoms with E-state index >= 15 is 0 Å². The van der Waals surface area contributed by atoms with Crippen molar-refractivity contribution in [1.82, 2.24) is 15.2 Å². The second kappa shape index (κ2) is 3.31. The summed E-state index contributed by atoms with van der Waals surface area (Å²) in [7, 11) is 0. The van der Waals surface area contributed by atoms with Crippen LogP contribution in [-0.4, -0.2) is 21.8 Å². The van der Waals surface area contributed by atoms with E-state index in [2.05, 4.69) is 15.2 Å². The molecule has 1 aromatic rings. The van der Waals surface area contributed by atoms with E-state index in [0.29, 0.717) is 12.5 Å².